The average molecular weight is 406 g/mol. The predicted molar refractivity (Wildman–Crippen MR) is 113 cm³/mol. The molecule has 6 heteroatoms. The molecule has 2 unspecified atom stereocenters. The van der Waals surface area contributed by atoms with E-state index in [9.17, 15) is 14.4 Å². The van der Waals surface area contributed by atoms with Gasteiger partial charge in [0.25, 0.3) is 0 Å². The molecule has 6 nitrogen and oxygen atoms in total. The minimum Gasteiger partial charge on any atom is -0.469 e. The molecule has 1 N–H and O–H groups in total. The van der Waals surface area contributed by atoms with Crippen LogP contribution in [0, 0.1) is 5.92 Å². The Bertz CT molecular complexity index is 957. The summed E-state index contributed by atoms with van der Waals surface area (Å²) >= 11 is 0. The highest BCUT2D eigenvalue weighted by Gasteiger charge is 2.36. The minimum atomic E-state index is -0.490. The molecule has 0 saturated carbocycles. The zero-order valence-electron chi connectivity index (χ0n) is 17.1. The molecule has 0 bridgehead atoms. The molecule has 1 aliphatic carbocycles. The number of anilines is 1. The van der Waals surface area contributed by atoms with Crippen molar-refractivity contribution in [2.45, 2.75) is 38.1 Å². The van der Waals surface area contributed by atoms with Crippen LogP contribution in [0.4, 0.5) is 5.69 Å². The lowest BCUT2D eigenvalue weighted by Crippen LogP contribution is -2.36. The topological polar surface area (TPSA) is 75.7 Å². The molecule has 156 valence electrons. The van der Waals surface area contributed by atoms with Crippen molar-refractivity contribution < 1.29 is 19.1 Å². The number of methoxy groups -OCH3 is 1. The molecule has 2 atom stereocenters. The van der Waals surface area contributed by atoms with E-state index in [2.05, 4.69) is 17.4 Å². The number of nitrogens with one attached hydrogen (secondary N) is 1. The number of hydrogen-bond donors (Lipinski definition) is 1. The Hall–Kier alpha value is -3.15. The van der Waals surface area contributed by atoms with E-state index >= 15 is 0 Å². The summed E-state index contributed by atoms with van der Waals surface area (Å²) in [6.45, 7) is 0.350. The Morgan fingerprint density at radius 3 is 2.67 bits per heavy atom. The van der Waals surface area contributed by atoms with Gasteiger partial charge in [0, 0.05) is 18.7 Å². The van der Waals surface area contributed by atoms with Gasteiger partial charge in [-0.2, -0.15) is 0 Å². The molecule has 2 aromatic carbocycles. The molecule has 1 heterocycles. The molecule has 30 heavy (non-hydrogen) atoms. The normalized spacial score (nSPS) is 18.8. The quantitative estimate of drug-likeness (QED) is 0.749. The standard InChI is InChI=1S/C24H26N2O4/c1-30-23(28)14-21(17-6-3-2-4-7-17)25-24(29)19-13-22(27)26(15-19)20-11-10-16-8-5-9-18(16)12-20/h2-4,6-7,10-12,19,21H,5,8-9,13-15H2,1H3,(H,25,29). The fraction of sp³-hybridized carbons (Fsp3) is 0.375. The van der Waals surface area contributed by atoms with Crippen LogP contribution in [0.5, 0.6) is 0 Å². The number of aryl methyl sites for hydroxylation is 2. The van der Waals surface area contributed by atoms with Crippen molar-refractivity contribution in [2.24, 2.45) is 5.92 Å². The summed E-state index contributed by atoms with van der Waals surface area (Å²) in [4.78, 5) is 39.2. The van der Waals surface area contributed by atoms with Gasteiger partial charge < -0.3 is 15.0 Å². The minimum absolute atomic E-state index is 0.0431. The van der Waals surface area contributed by atoms with Crippen molar-refractivity contribution in [2.75, 3.05) is 18.6 Å². The van der Waals surface area contributed by atoms with Gasteiger partial charge in [0.05, 0.1) is 25.5 Å². The molecule has 4 rings (SSSR count). The van der Waals surface area contributed by atoms with Crippen LogP contribution in [0.2, 0.25) is 0 Å². The van der Waals surface area contributed by atoms with Gasteiger partial charge in [-0.15, -0.1) is 0 Å². The summed E-state index contributed by atoms with van der Waals surface area (Å²) in [6.07, 6.45) is 3.50. The van der Waals surface area contributed by atoms with Crippen molar-refractivity contribution in [1.29, 1.82) is 0 Å². The molecule has 1 fully saturated rings. The van der Waals surface area contributed by atoms with Crippen LogP contribution in [0.3, 0.4) is 0 Å². The fourth-order valence-electron chi connectivity index (χ4n) is 4.34. The summed E-state index contributed by atoms with van der Waals surface area (Å²) in [5, 5.41) is 2.96. The summed E-state index contributed by atoms with van der Waals surface area (Å²) in [7, 11) is 1.33. The van der Waals surface area contributed by atoms with Crippen LogP contribution < -0.4 is 10.2 Å². The number of nitrogens with zero attached hydrogens (tertiary/aromatic N) is 1. The Balaban J connectivity index is 1.46. The van der Waals surface area contributed by atoms with Gasteiger partial charge >= 0.3 is 5.97 Å². The maximum Gasteiger partial charge on any atom is 0.307 e. The van der Waals surface area contributed by atoms with Gasteiger partial charge in [0.15, 0.2) is 0 Å². The smallest absolute Gasteiger partial charge is 0.307 e. The molecule has 1 aliphatic heterocycles. The molecule has 2 aromatic rings. The van der Waals surface area contributed by atoms with Crippen molar-refractivity contribution in [3.8, 4) is 0 Å². The Labute approximate surface area is 176 Å². The number of hydrogen-bond acceptors (Lipinski definition) is 4. The first-order valence-corrected chi connectivity index (χ1v) is 10.4. The first-order valence-electron chi connectivity index (χ1n) is 10.4. The predicted octanol–water partition coefficient (Wildman–Crippen LogP) is 2.95. The van der Waals surface area contributed by atoms with Crippen molar-refractivity contribution in [3.63, 3.8) is 0 Å². The van der Waals surface area contributed by atoms with Crippen LogP contribution >= 0.6 is 0 Å². The zero-order chi connectivity index (χ0) is 21.1. The maximum atomic E-state index is 13.0. The van der Waals surface area contributed by atoms with Crippen LogP contribution in [0.15, 0.2) is 48.5 Å². The summed E-state index contributed by atoms with van der Waals surface area (Å²) < 4.78 is 4.79. The fourth-order valence-corrected chi connectivity index (χ4v) is 4.34. The second-order valence-electron chi connectivity index (χ2n) is 7.96. The first kappa shape index (κ1) is 20.1. The van der Waals surface area contributed by atoms with Crippen LogP contribution in [-0.4, -0.2) is 31.4 Å². The van der Waals surface area contributed by atoms with E-state index in [-0.39, 0.29) is 24.7 Å². The van der Waals surface area contributed by atoms with Crippen molar-refractivity contribution >= 4 is 23.5 Å². The lowest BCUT2D eigenvalue weighted by atomic mass is 10.0. The summed E-state index contributed by atoms with van der Waals surface area (Å²) in [5.41, 5.74) is 4.35. The van der Waals surface area contributed by atoms with Gasteiger partial charge in [-0.1, -0.05) is 36.4 Å². The SMILES string of the molecule is COC(=O)CC(NC(=O)C1CC(=O)N(c2ccc3c(c2)CCC3)C1)c1ccccc1. The second kappa shape index (κ2) is 8.69. The molecule has 2 aliphatic rings. The number of rotatable bonds is 6. The number of carbonyl (C=O) groups is 3. The lowest BCUT2D eigenvalue weighted by molar-refractivity contribution is -0.141. The van der Waals surface area contributed by atoms with Gasteiger partial charge in [-0.3, -0.25) is 14.4 Å². The van der Waals surface area contributed by atoms with Gasteiger partial charge in [-0.25, -0.2) is 0 Å². The van der Waals surface area contributed by atoms with Crippen LogP contribution in [0.1, 0.15) is 42.0 Å². The largest absolute Gasteiger partial charge is 0.469 e. The summed E-state index contributed by atoms with van der Waals surface area (Å²) in [6, 6.07) is 15.0. The van der Waals surface area contributed by atoms with E-state index in [1.165, 1.54) is 18.2 Å². The van der Waals surface area contributed by atoms with E-state index < -0.39 is 17.9 Å². The number of ether oxygens (including phenoxy) is 1. The first-order chi connectivity index (χ1) is 14.5. The third kappa shape index (κ3) is 4.22. The molecule has 0 radical (unpaired) electrons. The molecular weight excluding hydrogens is 380 g/mol. The lowest BCUT2D eigenvalue weighted by Gasteiger charge is -2.21. The third-order valence-corrected chi connectivity index (χ3v) is 6.01. The summed E-state index contributed by atoms with van der Waals surface area (Å²) in [5.74, 6) is -1.11. The average Bonchev–Trinajstić information content (AvgIpc) is 3.39. The van der Waals surface area contributed by atoms with Crippen molar-refractivity contribution in [1.82, 2.24) is 5.32 Å². The molecular formula is C24H26N2O4. The number of fused-ring (bicyclic) bond motifs is 1. The molecule has 2 amide bonds. The maximum absolute atomic E-state index is 13.0. The number of amides is 2. The monoisotopic (exact) mass is 406 g/mol. The number of benzene rings is 2. The van der Waals surface area contributed by atoms with E-state index in [1.54, 1.807) is 4.90 Å². The number of esters is 1. The van der Waals surface area contributed by atoms with Crippen LogP contribution in [-0.2, 0) is 32.0 Å². The zero-order valence-corrected chi connectivity index (χ0v) is 17.1. The molecule has 0 spiro atoms. The highest BCUT2D eigenvalue weighted by molar-refractivity contribution is 6.00. The van der Waals surface area contributed by atoms with E-state index in [4.69, 9.17) is 4.74 Å². The number of carbonyl (C=O) groups excluding carboxylic acids is 3. The molecule has 1 saturated heterocycles. The van der Waals surface area contributed by atoms with Gasteiger partial charge in [-0.05, 0) is 48.1 Å². The third-order valence-electron chi connectivity index (χ3n) is 6.01. The van der Waals surface area contributed by atoms with Gasteiger partial charge in [0.2, 0.25) is 11.8 Å². The highest BCUT2D eigenvalue weighted by atomic mass is 16.5. The highest BCUT2D eigenvalue weighted by Crippen LogP contribution is 2.31. The van der Waals surface area contributed by atoms with Crippen molar-refractivity contribution in [3.05, 3.63) is 65.2 Å². The van der Waals surface area contributed by atoms with E-state index in [0.717, 1.165) is 30.5 Å². The molecule has 0 aromatic heterocycles. The van der Waals surface area contributed by atoms with Crippen LogP contribution in [0.25, 0.3) is 0 Å². The van der Waals surface area contributed by atoms with E-state index in [0.29, 0.717) is 6.54 Å². The second-order valence-corrected chi connectivity index (χ2v) is 7.96. The Kier molecular flexibility index (Phi) is 5.84. The Morgan fingerprint density at radius 2 is 1.90 bits per heavy atom. The van der Waals surface area contributed by atoms with E-state index in [1.807, 2.05) is 36.4 Å². The Morgan fingerprint density at radius 1 is 1.13 bits per heavy atom. The van der Waals surface area contributed by atoms with Gasteiger partial charge in [0.1, 0.15) is 0 Å².